The summed E-state index contributed by atoms with van der Waals surface area (Å²) in [6.45, 7) is 5.97. The monoisotopic (exact) mass is 228 g/mol. The first-order valence-corrected chi connectivity index (χ1v) is 5.30. The molecule has 0 N–H and O–H groups in total. The molecule has 1 aromatic rings. The van der Waals surface area contributed by atoms with Gasteiger partial charge in [-0.25, -0.2) is 0 Å². The second-order valence-electron chi connectivity index (χ2n) is 4.38. The normalized spacial score (nSPS) is 12.0. The van der Waals surface area contributed by atoms with Gasteiger partial charge in [-0.05, 0) is 23.5 Å². The van der Waals surface area contributed by atoms with E-state index in [-0.39, 0.29) is 29.6 Å². The number of carbonyl (C=O) groups is 1. The largest absolute Gasteiger partial charge is 1.00 e. The summed E-state index contributed by atoms with van der Waals surface area (Å²) in [6.07, 6.45) is 1.03. The molecule has 16 heavy (non-hydrogen) atoms. The number of hydrogen-bond donors (Lipinski definition) is 0. The average Bonchev–Trinajstić information content (AvgIpc) is 2.17. The van der Waals surface area contributed by atoms with Gasteiger partial charge in [0, 0.05) is 11.9 Å². The number of carboxylic acid groups (broad SMARTS) is 1. The molecule has 0 aliphatic heterocycles. The number of carboxylic acids is 1. The van der Waals surface area contributed by atoms with Crippen LogP contribution in [0.5, 0.6) is 0 Å². The summed E-state index contributed by atoms with van der Waals surface area (Å²) < 4.78 is 0. The van der Waals surface area contributed by atoms with E-state index in [1.807, 2.05) is 24.3 Å². The van der Waals surface area contributed by atoms with Crippen molar-refractivity contribution in [2.24, 2.45) is 5.92 Å². The zero-order valence-corrected chi connectivity index (χ0v) is 12.5. The van der Waals surface area contributed by atoms with Gasteiger partial charge in [-0.2, -0.15) is 0 Å². The van der Waals surface area contributed by atoms with Gasteiger partial charge in [0.2, 0.25) is 0 Å². The Morgan fingerprint density at radius 2 is 1.69 bits per heavy atom. The quantitative estimate of drug-likeness (QED) is 0.604. The minimum Gasteiger partial charge on any atom is -0.550 e. The van der Waals surface area contributed by atoms with E-state index in [9.17, 15) is 9.90 Å². The van der Waals surface area contributed by atoms with E-state index in [1.165, 1.54) is 5.56 Å². The zero-order valence-electron chi connectivity index (χ0n) is 10.5. The Kier molecular flexibility index (Phi) is 6.96. The van der Waals surface area contributed by atoms with Crippen molar-refractivity contribution < 1.29 is 39.5 Å². The van der Waals surface area contributed by atoms with Crippen molar-refractivity contribution in [2.75, 3.05) is 0 Å². The molecule has 0 saturated heterocycles. The molecule has 0 radical (unpaired) electrons. The summed E-state index contributed by atoms with van der Waals surface area (Å²) in [4.78, 5) is 10.7. The smallest absolute Gasteiger partial charge is 0.550 e. The standard InChI is InChI=1S/C13H18O2.Na/c1-9(2)8-11-4-6-12(7-5-11)10(3)13(14)15;/h4-7,9-10H,8H2,1-3H3,(H,14,15);/q;+1/p-1. The van der Waals surface area contributed by atoms with Crippen molar-refractivity contribution in [3.8, 4) is 0 Å². The van der Waals surface area contributed by atoms with Crippen molar-refractivity contribution in [2.45, 2.75) is 33.1 Å². The average molecular weight is 228 g/mol. The molecular formula is C13H17NaO2. The summed E-state index contributed by atoms with van der Waals surface area (Å²) in [7, 11) is 0. The summed E-state index contributed by atoms with van der Waals surface area (Å²) >= 11 is 0. The van der Waals surface area contributed by atoms with Gasteiger partial charge in [-0.1, -0.05) is 45.0 Å². The molecule has 0 spiro atoms. The molecule has 0 aromatic heterocycles. The number of rotatable bonds is 4. The van der Waals surface area contributed by atoms with E-state index in [0.29, 0.717) is 5.92 Å². The first-order valence-electron chi connectivity index (χ1n) is 5.30. The van der Waals surface area contributed by atoms with E-state index in [2.05, 4.69) is 13.8 Å². The first kappa shape index (κ1) is 15.7. The van der Waals surface area contributed by atoms with Crippen LogP contribution in [-0.4, -0.2) is 5.97 Å². The topological polar surface area (TPSA) is 40.1 Å². The number of benzene rings is 1. The Bertz CT molecular complexity index is 330. The summed E-state index contributed by atoms with van der Waals surface area (Å²) in [5.41, 5.74) is 2.06. The summed E-state index contributed by atoms with van der Waals surface area (Å²) in [6, 6.07) is 7.74. The van der Waals surface area contributed by atoms with Gasteiger partial charge in [-0.15, -0.1) is 0 Å². The van der Waals surface area contributed by atoms with Crippen LogP contribution in [-0.2, 0) is 11.2 Å². The molecule has 2 nitrogen and oxygen atoms in total. The van der Waals surface area contributed by atoms with Crippen molar-refractivity contribution >= 4 is 5.97 Å². The van der Waals surface area contributed by atoms with Crippen LogP contribution in [0.15, 0.2) is 24.3 Å². The van der Waals surface area contributed by atoms with Gasteiger partial charge in [0.15, 0.2) is 0 Å². The van der Waals surface area contributed by atoms with Crippen LogP contribution in [0.2, 0.25) is 0 Å². The van der Waals surface area contributed by atoms with E-state index in [1.54, 1.807) is 6.92 Å². The molecule has 0 aliphatic carbocycles. The molecule has 1 unspecified atom stereocenters. The van der Waals surface area contributed by atoms with Crippen molar-refractivity contribution in [1.29, 1.82) is 0 Å². The molecule has 0 aliphatic rings. The maximum absolute atomic E-state index is 10.7. The van der Waals surface area contributed by atoms with Crippen molar-refractivity contribution in [1.82, 2.24) is 0 Å². The molecule has 82 valence electrons. The molecular weight excluding hydrogens is 211 g/mol. The van der Waals surface area contributed by atoms with Crippen LogP contribution in [0.4, 0.5) is 0 Å². The fraction of sp³-hybridized carbons (Fsp3) is 0.462. The molecule has 0 saturated carbocycles. The number of carbonyl (C=O) groups excluding carboxylic acids is 1. The molecule has 3 heteroatoms. The Morgan fingerprint density at radius 1 is 1.19 bits per heavy atom. The van der Waals surface area contributed by atoms with E-state index < -0.39 is 11.9 Å². The predicted octanol–water partition coefficient (Wildman–Crippen LogP) is -1.26. The molecule has 1 atom stereocenters. The second-order valence-corrected chi connectivity index (χ2v) is 4.38. The second kappa shape index (κ2) is 7.10. The van der Waals surface area contributed by atoms with Crippen LogP contribution in [0.1, 0.15) is 37.8 Å². The molecule has 0 bridgehead atoms. The third-order valence-electron chi connectivity index (χ3n) is 2.48. The van der Waals surface area contributed by atoms with E-state index in [4.69, 9.17) is 0 Å². The Labute approximate surface area is 119 Å². The Hall–Kier alpha value is -0.310. The van der Waals surface area contributed by atoms with Gasteiger partial charge >= 0.3 is 29.6 Å². The van der Waals surface area contributed by atoms with Gasteiger partial charge in [0.25, 0.3) is 0 Å². The molecule has 0 fully saturated rings. The fourth-order valence-corrected chi connectivity index (χ4v) is 1.55. The van der Waals surface area contributed by atoms with Gasteiger partial charge in [0.05, 0.1) is 0 Å². The van der Waals surface area contributed by atoms with E-state index in [0.717, 1.165) is 12.0 Å². The van der Waals surface area contributed by atoms with Gasteiger partial charge < -0.3 is 9.90 Å². The van der Waals surface area contributed by atoms with Crippen LogP contribution in [0, 0.1) is 5.92 Å². The van der Waals surface area contributed by atoms with Crippen LogP contribution in [0.25, 0.3) is 0 Å². The first-order chi connectivity index (χ1) is 7.00. The van der Waals surface area contributed by atoms with Crippen molar-refractivity contribution in [3.05, 3.63) is 35.4 Å². The number of hydrogen-bond acceptors (Lipinski definition) is 2. The van der Waals surface area contributed by atoms with Crippen LogP contribution < -0.4 is 34.7 Å². The molecule has 1 aromatic carbocycles. The Morgan fingerprint density at radius 3 is 2.06 bits per heavy atom. The van der Waals surface area contributed by atoms with Crippen LogP contribution >= 0.6 is 0 Å². The van der Waals surface area contributed by atoms with E-state index >= 15 is 0 Å². The summed E-state index contributed by atoms with van der Waals surface area (Å²) in [5.74, 6) is -0.931. The predicted molar refractivity (Wildman–Crippen MR) is 58.4 cm³/mol. The molecule has 1 rings (SSSR count). The SMILES string of the molecule is CC(C)Cc1ccc(C(C)C(=O)[O-])cc1.[Na+]. The van der Waals surface area contributed by atoms with Gasteiger partial charge in [-0.3, -0.25) is 0 Å². The maximum atomic E-state index is 10.7. The summed E-state index contributed by atoms with van der Waals surface area (Å²) in [5, 5.41) is 10.7. The fourth-order valence-electron chi connectivity index (χ4n) is 1.55. The third-order valence-corrected chi connectivity index (χ3v) is 2.48. The van der Waals surface area contributed by atoms with Gasteiger partial charge in [0.1, 0.15) is 0 Å². The minimum atomic E-state index is -1.02. The third kappa shape index (κ3) is 4.69. The maximum Gasteiger partial charge on any atom is 1.00 e. The molecule has 0 amide bonds. The minimum absolute atomic E-state index is 0. The molecule has 0 heterocycles. The number of aliphatic carboxylic acids is 1. The van der Waals surface area contributed by atoms with Crippen molar-refractivity contribution in [3.63, 3.8) is 0 Å². The van der Waals surface area contributed by atoms with Crippen LogP contribution in [0.3, 0.4) is 0 Å². The Balaban J connectivity index is 0.00000225. The zero-order chi connectivity index (χ0) is 11.4.